The van der Waals surface area contributed by atoms with Crippen molar-refractivity contribution < 1.29 is 28.6 Å². The lowest BCUT2D eigenvalue weighted by atomic mass is 10.1. The van der Waals surface area contributed by atoms with E-state index in [1.165, 1.54) is 4.90 Å². The molecule has 7 nitrogen and oxygen atoms in total. The summed E-state index contributed by atoms with van der Waals surface area (Å²) in [5.41, 5.74) is 1.41. The number of anilines is 1. The van der Waals surface area contributed by atoms with E-state index >= 15 is 0 Å². The highest BCUT2D eigenvalue weighted by Gasteiger charge is 2.23. The molecule has 0 N–H and O–H groups in total. The summed E-state index contributed by atoms with van der Waals surface area (Å²) in [6.45, 7) is 1.08. The molecule has 30 heavy (non-hydrogen) atoms. The Kier molecular flexibility index (Phi) is 7.08. The van der Waals surface area contributed by atoms with Gasteiger partial charge in [-0.1, -0.05) is 29.8 Å². The molecule has 1 heterocycles. The van der Waals surface area contributed by atoms with Gasteiger partial charge in [-0.3, -0.25) is 14.5 Å². The number of para-hydroxylation sites is 1. The van der Waals surface area contributed by atoms with Crippen LogP contribution in [0.3, 0.4) is 0 Å². The molecule has 0 saturated heterocycles. The highest BCUT2D eigenvalue weighted by atomic mass is 35.5. The Hall–Kier alpha value is -3.32. The van der Waals surface area contributed by atoms with Crippen molar-refractivity contribution >= 4 is 41.2 Å². The van der Waals surface area contributed by atoms with Gasteiger partial charge >= 0.3 is 11.9 Å². The molecule has 0 aliphatic carbocycles. The first-order valence-electron chi connectivity index (χ1n) is 9.29. The maximum atomic E-state index is 12.7. The van der Waals surface area contributed by atoms with E-state index in [1.54, 1.807) is 61.5 Å². The normalized spacial score (nSPS) is 12.1. The van der Waals surface area contributed by atoms with Crippen molar-refractivity contribution in [2.75, 3.05) is 31.3 Å². The largest absolute Gasteiger partial charge is 0.488 e. The zero-order valence-electron chi connectivity index (χ0n) is 16.3. The van der Waals surface area contributed by atoms with Crippen molar-refractivity contribution in [3.8, 4) is 5.75 Å². The molecular weight excluding hydrogens is 410 g/mol. The molecule has 1 amide bonds. The molecule has 2 aromatic carbocycles. The van der Waals surface area contributed by atoms with Gasteiger partial charge in [-0.2, -0.15) is 0 Å². The number of halogens is 1. The van der Waals surface area contributed by atoms with Crippen LogP contribution >= 0.6 is 11.6 Å². The van der Waals surface area contributed by atoms with Gasteiger partial charge in [0.25, 0.3) is 5.91 Å². The quantitative estimate of drug-likeness (QED) is 0.628. The zero-order chi connectivity index (χ0) is 21.5. The van der Waals surface area contributed by atoms with Crippen LogP contribution in [-0.2, 0) is 23.9 Å². The van der Waals surface area contributed by atoms with Crippen LogP contribution in [0.15, 0.2) is 54.1 Å². The second kappa shape index (κ2) is 9.93. The van der Waals surface area contributed by atoms with Crippen molar-refractivity contribution in [1.29, 1.82) is 0 Å². The van der Waals surface area contributed by atoms with Gasteiger partial charge < -0.3 is 14.2 Å². The minimum atomic E-state index is -0.682. The van der Waals surface area contributed by atoms with E-state index in [4.69, 9.17) is 25.8 Å². The molecule has 0 unspecified atom stereocenters. The van der Waals surface area contributed by atoms with Crippen LogP contribution in [0.2, 0.25) is 5.02 Å². The maximum Gasteiger partial charge on any atom is 0.338 e. The molecule has 2 aromatic rings. The third kappa shape index (κ3) is 5.39. The van der Waals surface area contributed by atoms with Crippen LogP contribution in [0.4, 0.5) is 5.69 Å². The first-order chi connectivity index (χ1) is 14.5. The Morgan fingerprint density at radius 1 is 1.10 bits per heavy atom. The lowest BCUT2D eigenvalue weighted by Crippen LogP contribution is -2.39. The van der Waals surface area contributed by atoms with E-state index in [1.807, 2.05) is 0 Å². The number of rotatable bonds is 7. The van der Waals surface area contributed by atoms with Crippen molar-refractivity contribution in [2.45, 2.75) is 6.92 Å². The van der Waals surface area contributed by atoms with Crippen LogP contribution in [0.5, 0.6) is 5.75 Å². The first kappa shape index (κ1) is 21.4. The Balaban J connectivity index is 1.67. The van der Waals surface area contributed by atoms with Gasteiger partial charge in [0.05, 0.1) is 12.2 Å². The predicted octanol–water partition coefficient (Wildman–Crippen LogP) is 3.26. The van der Waals surface area contributed by atoms with Gasteiger partial charge in [-0.25, -0.2) is 4.79 Å². The highest BCUT2D eigenvalue weighted by Crippen LogP contribution is 2.29. The second-order valence-electron chi connectivity index (χ2n) is 6.34. The standard InChI is InChI=1S/C22H20ClNO6/c1-2-28-21(26)12-24(18-6-4-3-5-7-18)20(25)14-30-22(27)16-10-15-11-17(23)8-9-19(15)29-13-16/h3-11H,2,12-14H2,1H3. The van der Waals surface area contributed by atoms with E-state index in [0.717, 1.165) is 0 Å². The summed E-state index contributed by atoms with van der Waals surface area (Å²) in [6.07, 6.45) is 1.62. The summed E-state index contributed by atoms with van der Waals surface area (Å²) >= 11 is 5.97. The number of ether oxygens (including phenoxy) is 3. The third-order valence-corrected chi connectivity index (χ3v) is 4.47. The number of carbonyl (C=O) groups excluding carboxylic acids is 3. The minimum Gasteiger partial charge on any atom is -0.488 e. The minimum absolute atomic E-state index is 0.0207. The Labute approximate surface area is 178 Å². The predicted molar refractivity (Wildman–Crippen MR) is 111 cm³/mol. The van der Waals surface area contributed by atoms with Crippen molar-refractivity contribution in [1.82, 2.24) is 0 Å². The van der Waals surface area contributed by atoms with Gasteiger partial charge in [-0.05, 0) is 43.3 Å². The fourth-order valence-electron chi connectivity index (χ4n) is 2.83. The van der Waals surface area contributed by atoms with Gasteiger partial charge in [0.1, 0.15) is 18.9 Å². The van der Waals surface area contributed by atoms with E-state index in [2.05, 4.69) is 0 Å². The van der Waals surface area contributed by atoms with E-state index < -0.39 is 24.5 Å². The molecule has 1 aliphatic rings. The average molecular weight is 430 g/mol. The van der Waals surface area contributed by atoms with Gasteiger partial charge in [0.15, 0.2) is 6.61 Å². The molecule has 0 atom stereocenters. The van der Waals surface area contributed by atoms with Gasteiger partial charge in [0.2, 0.25) is 0 Å². The van der Waals surface area contributed by atoms with Crippen molar-refractivity contribution in [2.24, 2.45) is 0 Å². The van der Waals surface area contributed by atoms with Crippen LogP contribution in [-0.4, -0.2) is 44.2 Å². The summed E-state index contributed by atoms with van der Waals surface area (Å²) in [6, 6.07) is 13.7. The number of benzene rings is 2. The number of carbonyl (C=O) groups is 3. The molecule has 0 radical (unpaired) electrons. The Bertz CT molecular complexity index is 973. The van der Waals surface area contributed by atoms with Gasteiger partial charge in [0, 0.05) is 16.3 Å². The topological polar surface area (TPSA) is 82.1 Å². The van der Waals surface area contributed by atoms with Crippen molar-refractivity contribution in [3.63, 3.8) is 0 Å². The van der Waals surface area contributed by atoms with Crippen LogP contribution in [0.25, 0.3) is 6.08 Å². The lowest BCUT2D eigenvalue weighted by molar-refractivity contribution is -0.145. The number of esters is 2. The molecule has 0 bridgehead atoms. The maximum absolute atomic E-state index is 12.7. The first-order valence-corrected chi connectivity index (χ1v) is 9.66. The van der Waals surface area contributed by atoms with E-state index in [9.17, 15) is 14.4 Å². The monoisotopic (exact) mass is 429 g/mol. The third-order valence-electron chi connectivity index (χ3n) is 4.24. The van der Waals surface area contributed by atoms with Gasteiger partial charge in [-0.15, -0.1) is 0 Å². The summed E-state index contributed by atoms with van der Waals surface area (Å²) in [5.74, 6) is -1.18. The molecule has 156 valence electrons. The number of hydrogen-bond donors (Lipinski definition) is 0. The average Bonchev–Trinajstić information content (AvgIpc) is 2.75. The SMILES string of the molecule is CCOC(=O)CN(C(=O)COC(=O)C1=Cc2cc(Cl)ccc2OC1)c1ccccc1. The molecule has 3 rings (SSSR count). The highest BCUT2D eigenvalue weighted by molar-refractivity contribution is 6.30. The number of hydrogen-bond acceptors (Lipinski definition) is 6. The number of nitrogens with zero attached hydrogens (tertiary/aromatic N) is 1. The molecule has 0 saturated carbocycles. The lowest BCUT2D eigenvalue weighted by Gasteiger charge is -2.22. The van der Waals surface area contributed by atoms with Crippen molar-refractivity contribution in [3.05, 3.63) is 64.7 Å². The summed E-state index contributed by atoms with van der Waals surface area (Å²) in [4.78, 5) is 38.2. The molecule has 8 heteroatoms. The number of amides is 1. The smallest absolute Gasteiger partial charge is 0.338 e. The number of fused-ring (bicyclic) bond motifs is 1. The fraction of sp³-hybridized carbons (Fsp3) is 0.227. The van der Waals surface area contributed by atoms with Crippen LogP contribution in [0, 0.1) is 0 Å². The molecule has 0 fully saturated rings. The summed E-state index contributed by atoms with van der Waals surface area (Å²) in [7, 11) is 0. The molecule has 0 aromatic heterocycles. The molecule has 0 spiro atoms. The summed E-state index contributed by atoms with van der Waals surface area (Å²) in [5, 5.41) is 0.510. The van der Waals surface area contributed by atoms with Crippen LogP contribution < -0.4 is 9.64 Å². The zero-order valence-corrected chi connectivity index (χ0v) is 17.1. The van der Waals surface area contributed by atoms with E-state index in [0.29, 0.717) is 22.0 Å². The Morgan fingerprint density at radius 3 is 2.60 bits per heavy atom. The fourth-order valence-corrected chi connectivity index (χ4v) is 3.01. The Morgan fingerprint density at radius 2 is 1.87 bits per heavy atom. The summed E-state index contributed by atoms with van der Waals surface area (Å²) < 4.78 is 15.6. The second-order valence-corrected chi connectivity index (χ2v) is 6.77. The molecular formula is C22H20ClNO6. The van der Waals surface area contributed by atoms with E-state index in [-0.39, 0.29) is 25.3 Å². The molecule has 1 aliphatic heterocycles. The van der Waals surface area contributed by atoms with Crippen LogP contribution in [0.1, 0.15) is 12.5 Å².